The van der Waals surface area contributed by atoms with Crippen molar-refractivity contribution in [3.05, 3.63) is 46.8 Å². The molecule has 18 heavy (non-hydrogen) atoms. The van der Waals surface area contributed by atoms with E-state index in [9.17, 15) is 0 Å². The molecule has 4 nitrogen and oxygen atoms in total. The normalized spacial score (nSPS) is 10.1. The van der Waals surface area contributed by atoms with Crippen molar-refractivity contribution in [2.75, 3.05) is 0 Å². The van der Waals surface area contributed by atoms with Crippen LogP contribution < -0.4 is 4.74 Å². The maximum Gasteiger partial charge on any atom is 0.181 e. The quantitative estimate of drug-likeness (QED) is 0.830. The molecule has 4 heteroatoms. The van der Waals surface area contributed by atoms with Gasteiger partial charge in [0.15, 0.2) is 6.73 Å². The third-order valence-corrected chi connectivity index (χ3v) is 2.84. The fourth-order valence-corrected chi connectivity index (χ4v) is 1.83. The Kier molecular flexibility index (Phi) is 3.33. The van der Waals surface area contributed by atoms with Gasteiger partial charge in [0.25, 0.3) is 0 Å². The largest absolute Gasteiger partial charge is 0.471 e. The molecule has 1 heterocycles. The number of rotatable bonds is 3. The molecule has 0 unspecified atom stereocenters. The van der Waals surface area contributed by atoms with E-state index in [-0.39, 0.29) is 0 Å². The summed E-state index contributed by atoms with van der Waals surface area (Å²) in [7, 11) is 0. The Labute approximate surface area is 106 Å². The van der Waals surface area contributed by atoms with Gasteiger partial charge in [0.05, 0.1) is 17.0 Å². The van der Waals surface area contributed by atoms with Crippen LogP contribution in [0.2, 0.25) is 0 Å². The highest BCUT2D eigenvalue weighted by Gasteiger charge is 2.10. The molecule has 0 fully saturated rings. The van der Waals surface area contributed by atoms with Gasteiger partial charge in [-0.2, -0.15) is 10.4 Å². The highest BCUT2D eigenvalue weighted by molar-refractivity contribution is 5.36. The number of benzene rings is 1. The molecular formula is C14H15N3O. The zero-order valence-corrected chi connectivity index (χ0v) is 10.8. The Morgan fingerprint density at radius 1 is 1.33 bits per heavy atom. The third kappa shape index (κ3) is 2.35. The lowest BCUT2D eigenvalue weighted by molar-refractivity contribution is 0.217. The molecule has 0 aliphatic heterocycles. The van der Waals surface area contributed by atoms with E-state index in [1.54, 1.807) is 4.68 Å². The minimum absolute atomic E-state index is 0.317. The first-order valence-electron chi connectivity index (χ1n) is 5.75. The number of hydrogen-bond donors (Lipinski definition) is 0. The van der Waals surface area contributed by atoms with E-state index in [0.717, 1.165) is 22.7 Å². The predicted octanol–water partition coefficient (Wildman–Crippen LogP) is 2.72. The second-order valence-electron chi connectivity index (χ2n) is 4.25. The van der Waals surface area contributed by atoms with Gasteiger partial charge in [0, 0.05) is 0 Å². The van der Waals surface area contributed by atoms with Crippen LogP contribution in [0.4, 0.5) is 0 Å². The molecule has 0 saturated carbocycles. The van der Waals surface area contributed by atoms with Crippen molar-refractivity contribution in [3.8, 4) is 11.8 Å². The standard InChI is InChI=1S/C14H15N3O/c1-10-5-4-6-13(7-10)18-9-17-12(3)14(8-15)11(2)16-17/h4-7H,9H2,1-3H3. The topological polar surface area (TPSA) is 50.8 Å². The van der Waals surface area contributed by atoms with Crippen LogP contribution in [0.5, 0.6) is 5.75 Å². The van der Waals surface area contributed by atoms with E-state index >= 15 is 0 Å². The molecule has 2 aromatic rings. The molecule has 0 saturated heterocycles. The van der Waals surface area contributed by atoms with Crippen LogP contribution in [0.15, 0.2) is 24.3 Å². The van der Waals surface area contributed by atoms with Crippen LogP contribution in [0.3, 0.4) is 0 Å². The summed E-state index contributed by atoms with van der Waals surface area (Å²) in [5.41, 5.74) is 3.35. The van der Waals surface area contributed by atoms with Crippen LogP contribution in [0.25, 0.3) is 0 Å². The highest BCUT2D eigenvalue weighted by Crippen LogP contribution is 2.15. The number of nitrogens with zero attached hydrogens (tertiary/aromatic N) is 3. The molecule has 0 spiro atoms. The van der Waals surface area contributed by atoms with E-state index in [1.807, 2.05) is 45.0 Å². The highest BCUT2D eigenvalue weighted by atomic mass is 16.5. The molecule has 0 bridgehead atoms. The van der Waals surface area contributed by atoms with Crippen molar-refractivity contribution in [1.29, 1.82) is 5.26 Å². The smallest absolute Gasteiger partial charge is 0.181 e. The van der Waals surface area contributed by atoms with Crippen molar-refractivity contribution in [2.24, 2.45) is 0 Å². The molecule has 0 amide bonds. The zero-order chi connectivity index (χ0) is 13.1. The lowest BCUT2D eigenvalue weighted by atomic mass is 10.2. The monoisotopic (exact) mass is 241 g/mol. The van der Waals surface area contributed by atoms with Crippen LogP contribution >= 0.6 is 0 Å². The van der Waals surface area contributed by atoms with E-state index in [2.05, 4.69) is 11.2 Å². The summed E-state index contributed by atoms with van der Waals surface area (Å²) < 4.78 is 7.36. The second kappa shape index (κ2) is 4.92. The molecule has 0 atom stereocenters. The van der Waals surface area contributed by atoms with Crippen molar-refractivity contribution < 1.29 is 4.74 Å². The van der Waals surface area contributed by atoms with Crippen molar-refractivity contribution in [3.63, 3.8) is 0 Å². The molecule has 0 aliphatic carbocycles. The molecule has 92 valence electrons. The zero-order valence-electron chi connectivity index (χ0n) is 10.8. The molecule has 1 aromatic carbocycles. The van der Waals surface area contributed by atoms with Crippen LogP contribution in [-0.4, -0.2) is 9.78 Å². The third-order valence-electron chi connectivity index (χ3n) is 2.84. The fourth-order valence-electron chi connectivity index (χ4n) is 1.83. The van der Waals surface area contributed by atoms with E-state index in [1.165, 1.54) is 0 Å². The predicted molar refractivity (Wildman–Crippen MR) is 68.2 cm³/mol. The summed E-state index contributed by atoms with van der Waals surface area (Å²) in [6.07, 6.45) is 0. The Bertz CT molecular complexity index is 608. The first kappa shape index (κ1) is 12.2. The Morgan fingerprint density at radius 3 is 2.72 bits per heavy atom. The summed E-state index contributed by atoms with van der Waals surface area (Å²) in [4.78, 5) is 0. The average molecular weight is 241 g/mol. The molecule has 0 N–H and O–H groups in total. The van der Waals surface area contributed by atoms with E-state index in [0.29, 0.717) is 12.3 Å². The first-order chi connectivity index (χ1) is 8.61. The van der Waals surface area contributed by atoms with Crippen molar-refractivity contribution >= 4 is 0 Å². The first-order valence-corrected chi connectivity index (χ1v) is 5.75. The number of hydrogen-bond acceptors (Lipinski definition) is 3. The number of aryl methyl sites for hydroxylation is 2. The number of aromatic nitrogens is 2. The van der Waals surface area contributed by atoms with E-state index < -0.39 is 0 Å². The van der Waals surface area contributed by atoms with Gasteiger partial charge in [0.2, 0.25) is 0 Å². The minimum Gasteiger partial charge on any atom is -0.471 e. The second-order valence-corrected chi connectivity index (χ2v) is 4.25. The van der Waals surface area contributed by atoms with Crippen LogP contribution in [0, 0.1) is 32.1 Å². The summed E-state index contributed by atoms with van der Waals surface area (Å²) in [6, 6.07) is 10.00. The minimum atomic E-state index is 0.317. The van der Waals surface area contributed by atoms with Gasteiger partial charge in [-0.1, -0.05) is 12.1 Å². The molecule has 1 aromatic heterocycles. The summed E-state index contributed by atoms with van der Waals surface area (Å²) >= 11 is 0. The van der Waals surface area contributed by atoms with Gasteiger partial charge < -0.3 is 4.74 Å². The molecule has 2 rings (SSSR count). The Morgan fingerprint density at radius 2 is 2.11 bits per heavy atom. The van der Waals surface area contributed by atoms with Gasteiger partial charge in [-0.25, -0.2) is 4.68 Å². The van der Waals surface area contributed by atoms with Gasteiger partial charge in [0.1, 0.15) is 11.8 Å². The summed E-state index contributed by atoms with van der Waals surface area (Å²) in [5, 5.41) is 13.3. The summed E-state index contributed by atoms with van der Waals surface area (Å²) in [6.45, 7) is 6.04. The molecule has 0 radical (unpaired) electrons. The molecular weight excluding hydrogens is 226 g/mol. The van der Waals surface area contributed by atoms with Gasteiger partial charge in [-0.05, 0) is 38.5 Å². The summed E-state index contributed by atoms with van der Waals surface area (Å²) in [5.74, 6) is 0.807. The van der Waals surface area contributed by atoms with Crippen LogP contribution in [-0.2, 0) is 6.73 Å². The maximum atomic E-state index is 8.99. The van der Waals surface area contributed by atoms with Gasteiger partial charge in [-0.15, -0.1) is 0 Å². The molecule has 0 aliphatic rings. The van der Waals surface area contributed by atoms with Gasteiger partial charge in [-0.3, -0.25) is 0 Å². The van der Waals surface area contributed by atoms with Gasteiger partial charge >= 0.3 is 0 Å². The fraction of sp³-hybridized carbons (Fsp3) is 0.286. The lowest BCUT2D eigenvalue weighted by Crippen LogP contribution is -2.08. The van der Waals surface area contributed by atoms with Crippen LogP contribution in [0.1, 0.15) is 22.5 Å². The Balaban J connectivity index is 2.14. The maximum absolute atomic E-state index is 8.99. The Hall–Kier alpha value is -2.28. The number of nitriles is 1. The van der Waals surface area contributed by atoms with E-state index in [4.69, 9.17) is 10.00 Å². The SMILES string of the molecule is Cc1cccc(OCn2nc(C)c(C#N)c2C)c1. The van der Waals surface area contributed by atoms with Crippen molar-refractivity contribution in [1.82, 2.24) is 9.78 Å². The lowest BCUT2D eigenvalue weighted by Gasteiger charge is -2.08. The average Bonchev–Trinajstić information content (AvgIpc) is 2.61. The van der Waals surface area contributed by atoms with Crippen molar-refractivity contribution in [2.45, 2.75) is 27.5 Å². The number of ether oxygens (including phenoxy) is 1.